The number of nitrogens with zero attached hydrogens (tertiary/aromatic N) is 3. The number of hydrogen-bond donors (Lipinski definition) is 0. The van der Waals surface area contributed by atoms with Crippen LogP contribution >= 0.6 is 11.3 Å². The first-order valence-corrected chi connectivity index (χ1v) is 9.50. The molecule has 1 unspecified atom stereocenters. The van der Waals surface area contributed by atoms with Crippen LogP contribution in [0.1, 0.15) is 30.1 Å². The van der Waals surface area contributed by atoms with E-state index in [1.165, 1.54) is 0 Å². The lowest BCUT2D eigenvalue weighted by molar-refractivity contribution is -0.131. The van der Waals surface area contributed by atoms with Crippen LogP contribution in [-0.4, -0.2) is 41.0 Å². The summed E-state index contributed by atoms with van der Waals surface area (Å²) in [4.78, 5) is 20.4. The second-order valence-corrected chi connectivity index (χ2v) is 7.23. The van der Waals surface area contributed by atoms with Crippen molar-refractivity contribution in [2.75, 3.05) is 20.8 Å². The first-order valence-electron chi connectivity index (χ1n) is 8.62. The van der Waals surface area contributed by atoms with Crippen molar-refractivity contribution in [3.63, 3.8) is 0 Å². The summed E-state index contributed by atoms with van der Waals surface area (Å²) in [5.41, 5.74) is 1.81. The molecule has 0 aliphatic carbocycles. The number of benzene rings is 1. The van der Waals surface area contributed by atoms with E-state index in [4.69, 9.17) is 9.47 Å². The molecule has 136 valence electrons. The minimum atomic E-state index is 0.0104. The molecular weight excluding hydrogens is 350 g/mol. The third-order valence-electron chi connectivity index (χ3n) is 4.84. The minimum absolute atomic E-state index is 0.0104. The number of ether oxygens (including phenoxy) is 2. The Balaban J connectivity index is 1.57. The van der Waals surface area contributed by atoms with E-state index in [-0.39, 0.29) is 11.9 Å². The van der Waals surface area contributed by atoms with E-state index in [9.17, 15) is 4.79 Å². The Morgan fingerprint density at radius 1 is 1.35 bits per heavy atom. The zero-order valence-corrected chi connectivity index (χ0v) is 15.7. The van der Waals surface area contributed by atoms with Crippen molar-refractivity contribution in [2.24, 2.45) is 0 Å². The van der Waals surface area contributed by atoms with Crippen LogP contribution in [0.5, 0.6) is 11.5 Å². The van der Waals surface area contributed by atoms with Crippen molar-refractivity contribution < 1.29 is 14.3 Å². The highest BCUT2D eigenvalue weighted by atomic mass is 32.1. The number of fused-ring (bicyclic) bond motifs is 1. The first-order chi connectivity index (χ1) is 12.7. The highest BCUT2D eigenvalue weighted by Crippen LogP contribution is 2.39. The molecule has 1 aliphatic rings. The monoisotopic (exact) mass is 371 g/mol. The Bertz CT molecular complexity index is 905. The molecule has 1 aliphatic heterocycles. The van der Waals surface area contributed by atoms with E-state index in [0.717, 1.165) is 47.1 Å². The molecule has 1 atom stereocenters. The number of imidazole rings is 1. The molecule has 1 aromatic carbocycles. The Kier molecular flexibility index (Phi) is 4.55. The third-order valence-corrected chi connectivity index (χ3v) is 5.62. The molecule has 1 amide bonds. The van der Waals surface area contributed by atoms with E-state index in [2.05, 4.69) is 4.98 Å². The quantitative estimate of drug-likeness (QED) is 0.690. The molecule has 2 aromatic heterocycles. The van der Waals surface area contributed by atoms with Gasteiger partial charge in [-0.1, -0.05) is 0 Å². The SMILES string of the molecule is COc1ccc(OC)c(C2CCCN2C(=O)Cc2cn3ccsc3n2)c1. The van der Waals surface area contributed by atoms with Crippen LogP contribution in [0.4, 0.5) is 0 Å². The normalized spacial score (nSPS) is 17.0. The van der Waals surface area contributed by atoms with Crippen molar-refractivity contribution in [3.05, 3.63) is 47.2 Å². The maximum Gasteiger partial charge on any atom is 0.229 e. The first kappa shape index (κ1) is 16.9. The average Bonchev–Trinajstić information content (AvgIpc) is 3.36. The van der Waals surface area contributed by atoms with Gasteiger partial charge in [-0.25, -0.2) is 4.98 Å². The number of thiazole rings is 1. The second kappa shape index (κ2) is 6.99. The van der Waals surface area contributed by atoms with E-state index in [0.29, 0.717) is 6.42 Å². The minimum Gasteiger partial charge on any atom is -0.497 e. The van der Waals surface area contributed by atoms with Crippen molar-refractivity contribution in [1.82, 2.24) is 14.3 Å². The van der Waals surface area contributed by atoms with Crippen molar-refractivity contribution in [3.8, 4) is 11.5 Å². The highest BCUT2D eigenvalue weighted by Gasteiger charge is 2.32. The maximum absolute atomic E-state index is 13.0. The fourth-order valence-corrected chi connectivity index (χ4v) is 4.33. The summed E-state index contributed by atoms with van der Waals surface area (Å²) in [5.74, 6) is 1.66. The van der Waals surface area contributed by atoms with Crippen LogP contribution < -0.4 is 9.47 Å². The van der Waals surface area contributed by atoms with Crippen LogP contribution in [0.2, 0.25) is 0 Å². The number of aromatic nitrogens is 2. The fourth-order valence-electron chi connectivity index (χ4n) is 3.61. The predicted octanol–water partition coefficient (Wildman–Crippen LogP) is 3.32. The number of carbonyl (C=O) groups is 1. The molecular formula is C19H21N3O3S. The zero-order chi connectivity index (χ0) is 18.1. The van der Waals surface area contributed by atoms with E-state index < -0.39 is 0 Å². The van der Waals surface area contributed by atoms with Gasteiger partial charge in [-0.15, -0.1) is 11.3 Å². The topological polar surface area (TPSA) is 56.1 Å². The number of likely N-dealkylation sites (tertiary alicyclic amines) is 1. The third kappa shape index (κ3) is 3.03. The van der Waals surface area contributed by atoms with Crippen molar-refractivity contribution >= 4 is 22.2 Å². The van der Waals surface area contributed by atoms with Gasteiger partial charge in [0.2, 0.25) is 5.91 Å². The summed E-state index contributed by atoms with van der Waals surface area (Å²) in [7, 11) is 3.30. The maximum atomic E-state index is 13.0. The number of carbonyl (C=O) groups excluding carboxylic acids is 1. The molecule has 6 nitrogen and oxygen atoms in total. The highest BCUT2D eigenvalue weighted by molar-refractivity contribution is 7.15. The molecule has 0 N–H and O–H groups in total. The molecule has 7 heteroatoms. The Morgan fingerprint density at radius 2 is 2.23 bits per heavy atom. The van der Waals surface area contributed by atoms with Crippen LogP contribution in [0.25, 0.3) is 4.96 Å². The molecule has 1 fully saturated rings. The Morgan fingerprint density at radius 3 is 3.00 bits per heavy atom. The lowest BCUT2D eigenvalue weighted by atomic mass is 10.0. The lowest BCUT2D eigenvalue weighted by Gasteiger charge is -2.26. The summed E-state index contributed by atoms with van der Waals surface area (Å²) >= 11 is 1.57. The van der Waals surface area contributed by atoms with Gasteiger partial charge in [0.15, 0.2) is 4.96 Å². The second-order valence-electron chi connectivity index (χ2n) is 6.35. The number of rotatable bonds is 5. The lowest BCUT2D eigenvalue weighted by Crippen LogP contribution is -2.32. The molecule has 0 spiro atoms. The Labute approximate surface area is 156 Å². The largest absolute Gasteiger partial charge is 0.497 e. The van der Waals surface area contributed by atoms with Crippen LogP contribution in [0.3, 0.4) is 0 Å². The van der Waals surface area contributed by atoms with E-state index in [1.807, 2.05) is 45.3 Å². The van der Waals surface area contributed by atoms with Gasteiger partial charge < -0.3 is 14.4 Å². The molecule has 3 heterocycles. The fraction of sp³-hybridized carbons (Fsp3) is 0.368. The van der Waals surface area contributed by atoms with Crippen LogP contribution in [0, 0.1) is 0 Å². The zero-order valence-electron chi connectivity index (χ0n) is 14.8. The molecule has 1 saturated heterocycles. The van der Waals surface area contributed by atoms with Gasteiger partial charge in [0, 0.05) is 29.9 Å². The molecule has 26 heavy (non-hydrogen) atoms. The van der Waals surface area contributed by atoms with Gasteiger partial charge in [0.05, 0.1) is 32.4 Å². The molecule has 0 saturated carbocycles. The van der Waals surface area contributed by atoms with Gasteiger partial charge in [-0.3, -0.25) is 9.20 Å². The average molecular weight is 371 g/mol. The standard InChI is InChI=1S/C19H21N3O3S/c1-24-14-5-6-17(25-2)15(11-14)16-4-3-7-22(16)18(23)10-13-12-21-8-9-26-19(21)20-13/h5-6,8-9,11-12,16H,3-4,7,10H2,1-2H3. The van der Waals surface area contributed by atoms with Crippen LogP contribution in [-0.2, 0) is 11.2 Å². The predicted molar refractivity (Wildman–Crippen MR) is 100 cm³/mol. The Hall–Kier alpha value is -2.54. The summed E-state index contributed by atoms with van der Waals surface area (Å²) < 4.78 is 12.8. The number of hydrogen-bond acceptors (Lipinski definition) is 5. The van der Waals surface area contributed by atoms with Gasteiger partial charge in [0.1, 0.15) is 11.5 Å². The van der Waals surface area contributed by atoms with Crippen molar-refractivity contribution in [2.45, 2.75) is 25.3 Å². The van der Waals surface area contributed by atoms with Gasteiger partial charge in [0.25, 0.3) is 0 Å². The molecule has 4 rings (SSSR count). The summed E-state index contributed by atoms with van der Waals surface area (Å²) in [6, 6.07) is 5.76. The molecule has 0 bridgehead atoms. The smallest absolute Gasteiger partial charge is 0.229 e. The van der Waals surface area contributed by atoms with Crippen LogP contribution in [0.15, 0.2) is 36.0 Å². The van der Waals surface area contributed by atoms with Crippen molar-refractivity contribution in [1.29, 1.82) is 0 Å². The molecule has 0 radical (unpaired) electrons. The van der Waals surface area contributed by atoms with Gasteiger partial charge in [-0.05, 0) is 31.0 Å². The summed E-state index contributed by atoms with van der Waals surface area (Å²) in [6.45, 7) is 0.756. The molecule has 3 aromatic rings. The van der Waals surface area contributed by atoms with Gasteiger partial charge in [-0.2, -0.15) is 0 Å². The summed E-state index contributed by atoms with van der Waals surface area (Å²) in [6.07, 6.45) is 6.11. The summed E-state index contributed by atoms with van der Waals surface area (Å²) in [5, 5.41) is 1.99. The number of methoxy groups -OCH3 is 2. The number of amides is 1. The van der Waals surface area contributed by atoms with E-state index >= 15 is 0 Å². The van der Waals surface area contributed by atoms with E-state index in [1.54, 1.807) is 25.6 Å². The van der Waals surface area contributed by atoms with Gasteiger partial charge >= 0.3 is 0 Å².